The predicted molar refractivity (Wildman–Crippen MR) is 109 cm³/mol. The molecule has 0 spiro atoms. The monoisotopic (exact) mass is 441 g/mol. The maximum atomic E-state index is 13.7. The summed E-state index contributed by atoms with van der Waals surface area (Å²) in [5.74, 6) is -0.831. The van der Waals surface area contributed by atoms with Gasteiger partial charge < -0.3 is 19.9 Å². The number of nitrogens with one attached hydrogen (secondary N) is 1. The second-order valence-electron chi connectivity index (χ2n) is 6.72. The lowest BCUT2D eigenvalue weighted by Crippen LogP contribution is -2.24. The molecule has 0 saturated carbocycles. The van der Waals surface area contributed by atoms with E-state index in [2.05, 4.69) is 15.3 Å². The van der Waals surface area contributed by atoms with E-state index >= 15 is 0 Å². The lowest BCUT2D eigenvalue weighted by Gasteiger charge is -2.25. The van der Waals surface area contributed by atoms with Gasteiger partial charge in [-0.05, 0) is 37.8 Å². The Kier molecular flexibility index (Phi) is 8.61. The van der Waals surface area contributed by atoms with E-state index in [1.807, 2.05) is 6.92 Å². The lowest BCUT2D eigenvalue weighted by molar-refractivity contribution is -0.222. The molecule has 2 aromatic rings. The molecule has 0 aliphatic heterocycles. The number of rotatable bonds is 11. The van der Waals surface area contributed by atoms with Crippen molar-refractivity contribution in [3.63, 3.8) is 0 Å². The summed E-state index contributed by atoms with van der Waals surface area (Å²) in [6.07, 6.45) is -3.69. The second-order valence-corrected chi connectivity index (χ2v) is 6.72. The minimum Gasteiger partial charge on any atom is -0.481 e. The third kappa shape index (κ3) is 6.81. The van der Waals surface area contributed by atoms with Crippen LogP contribution in [0.4, 0.5) is 24.7 Å². The van der Waals surface area contributed by atoms with Gasteiger partial charge in [-0.25, -0.2) is 9.97 Å². The van der Waals surface area contributed by atoms with Crippen molar-refractivity contribution in [3.8, 4) is 5.88 Å². The van der Waals surface area contributed by atoms with Crippen LogP contribution >= 0.6 is 0 Å². The fourth-order valence-electron chi connectivity index (χ4n) is 3.14. The van der Waals surface area contributed by atoms with E-state index in [9.17, 15) is 18.0 Å². The van der Waals surface area contributed by atoms with Gasteiger partial charge in [-0.2, -0.15) is 13.2 Å². The average Bonchev–Trinajstić information content (AvgIpc) is 2.71. The summed E-state index contributed by atoms with van der Waals surface area (Å²) in [6, 6.07) is 4.35. The first kappa shape index (κ1) is 24.4. The number of carboxylic acid groups (broad SMARTS) is 1. The molecule has 1 heterocycles. The first-order chi connectivity index (χ1) is 14.7. The van der Waals surface area contributed by atoms with Crippen molar-refractivity contribution in [1.82, 2.24) is 9.97 Å². The molecule has 0 radical (unpaired) electrons. The zero-order valence-electron chi connectivity index (χ0n) is 17.6. The number of halogens is 3. The molecule has 7 nitrogen and oxygen atoms in total. The van der Waals surface area contributed by atoms with Crippen LogP contribution < -0.4 is 10.1 Å². The van der Waals surface area contributed by atoms with Crippen LogP contribution in [0.5, 0.6) is 5.88 Å². The standard InChI is InChI=1S/C21H26F3N3O4/c1-4-13(10-19(28)29)14-7-8-15(20(31-6-3)21(22,23)24)16(9-14)27-17-11-26-18(12-25-17)30-5-2/h7-9,11-13,20H,4-6,10H2,1-3H3,(H,25,27)(H,28,29). The number of hydrogen-bond acceptors (Lipinski definition) is 6. The summed E-state index contributed by atoms with van der Waals surface area (Å²) in [5, 5.41) is 12.0. The largest absolute Gasteiger partial charge is 0.481 e. The summed E-state index contributed by atoms with van der Waals surface area (Å²) in [5.41, 5.74) is 0.599. The highest BCUT2D eigenvalue weighted by atomic mass is 19.4. The minimum atomic E-state index is -4.64. The molecule has 0 fully saturated rings. The smallest absolute Gasteiger partial charge is 0.418 e. The zero-order chi connectivity index (χ0) is 23.0. The van der Waals surface area contributed by atoms with Gasteiger partial charge >= 0.3 is 12.1 Å². The maximum Gasteiger partial charge on any atom is 0.418 e. The molecule has 10 heteroatoms. The van der Waals surface area contributed by atoms with E-state index in [1.165, 1.54) is 37.5 Å². The first-order valence-electron chi connectivity index (χ1n) is 9.95. The van der Waals surface area contributed by atoms with Crippen molar-refractivity contribution in [1.29, 1.82) is 0 Å². The Bertz CT molecular complexity index is 860. The number of anilines is 2. The van der Waals surface area contributed by atoms with Crippen LogP contribution in [-0.4, -0.2) is 40.4 Å². The van der Waals surface area contributed by atoms with E-state index in [0.29, 0.717) is 18.6 Å². The fraction of sp³-hybridized carbons (Fsp3) is 0.476. The molecule has 2 atom stereocenters. The summed E-state index contributed by atoms with van der Waals surface area (Å²) in [6.45, 7) is 5.36. The fourth-order valence-corrected chi connectivity index (χ4v) is 3.14. The summed E-state index contributed by atoms with van der Waals surface area (Å²) in [7, 11) is 0. The number of aromatic nitrogens is 2. The SMILES string of the molecule is CCOc1cnc(Nc2cc(C(CC)CC(=O)O)ccc2C(OCC)C(F)(F)F)cn1. The number of nitrogens with zero attached hydrogens (tertiary/aromatic N) is 2. The van der Waals surface area contributed by atoms with Crippen LogP contribution in [0.1, 0.15) is 56.8 Å². The van der Waals surface area contributed by atoms with Gasteiger partial charge in [-0.1, -0.05) is 19.1 Å². The highest BCUT2D eigenvalue weighted by Crippen LogP contribution is 2.41. The van der Waals surface area contributed by atoms with Crippen molar-refractivity contribution < 1.29 is 32.5 Å². The van der Waals surface area contributed by atoms with Crippen LogP contribution in [0.25, 0.3) is 0 Å². The normalized spacial score (nSPS) is 13.5. The van der Waals surface area contributed by atoms with Gasteiger partial charge in [-0.15, -0.1) is 0 Å². The van der Waals surface area contributed by atoms with Crippen LogP contribution in [0.3, 0.4) is 0 Å². The topological polar surface area (TPSA) is 93.6 Å². The lowest BCUT2D eigenvalue weighted by atomic mass is 9.91. The van der Waals surface area contributed by atoms with E-state index < -0.39 is 18.2 Å². The molecule has 2 N–H and O–H groups in total. The van der Waals surface area contributed by atoms with Crippen LogP contribution in [0.2, 0.25) is 0 Å². The van der Waals surface area contributed by atoms with Gasteiger partial charge in [0, 0.05) is 17.9 Å². The third-order valence-electron chi connectivity index (χ3n) is 4.56. The number of aliphatic carboxylic acids is 1. The number of ether oxygens (including phenoxy) is 2. The molecule has 2 rings (SSSR count). The Labute approximate surface area is 178 Å². The average molecular weight is 441 g/mol. The van der Waals surface area contributed by atoms with Gasteiger partial charge in [-0.3, -0.25) is 4.79 Å². The van der Waals surface area contributed by atoms with Crippen molar-refractivity contribution in [3.05, 3.63) is 41.7 Å². The minimum absolute atomic E-state index is 0.121. The van der Waals surface area contributed by atoms with Gasteiger partial charge in [0.2, 0.25) is 5.88 Å². The number of carboxylic acids is 1. The molecule has 0 bridgehead atoms. The maximum absolute atomic E-state index is 13.7. The molecular formula is C21H26F3N3O4. The molecule has 0 aliphatic carbocycles. The Morgan fingerprint density at radius 1 is 1.16 bits per heavy atom. The molecule has 31 heavy (non-hydrogen) atoms. The zero-order valence-corrected chi connectivity index (χ0v) is 17.6. The van der Waals surface area contributed by atoms with Crippen molar-refractivity contribution >= 4 is 17.5 Å². The van der Waals surface area contributed by atoms with Crippen molar-refractivity contribution in [2.75, 3.05) is 18.5 Å². The quantitative estimate of drug-likeness (QED) is 0.493. The molecule has 1 aromatic heterocycles. The number of benzene rings is 1. The molecule has 0 amide bonds. The number of alkyl halides is 3. The molecule has 1 aromatic carbocycles. The Morgan fingerprint density at radius 2 is 1.90 bits per heavy atom. The molecule has 0 saturated heterocycles. The van der Waals surface area contributed by atoms with E-state index in [-0.39, 0.29) is 41.9 Å². The van der Waals surface area contributed by atoms with Gasteiger partial charge in [0.1, 0.15) is 5.82 Å². The molecule has 170 valence electrons. The van der Waals surface area contributed by atoms with Crippen LogP contribution in [-0.2, 0) is 9.53 Å². The second kappa shape index (κ2) is 10.9. The van der Waals surface area contributed by atoms with E-state index in [4.69, 9.17) is 14.6 Å². The molecule has 2 unspecified atom stereocenters. The van der Waals surface area contributed by atoms with Gasteiger partial charge in [0.25, 0.3) is 0 Å². The van der Waals surface area contributed by atoms with Gasteiger partial charge in [0.05, 0.1) is 25.4 Å². The summed E-state index contributed by atoms with van der Waals surface area (Å²) in [4.78, 5) is 19.4. The highest BCUT2D eigenvalue weighted by Gasteiger charge is 2.43. The van der Waals surface area contributed by atoms with E-state index in [0.717, 1.165) is 0 Å². The highest BCUT2D eigenvalue weighted by molar-refractivity contribution is 5.69. The third-order valence-corrected chi connectivity index (χ3v) is 4.56. The van der Waals surface area contributed by atoms with Gasteiger partial charge in [0.15, 0.2) is 6.10 Å². The van der Waals surface area contributed by atoms with Crippen LogP contribution in [0.15, 0.2) is 30.6 Å². The Morgan fingerprint density at radius 3 is 2.42 bits per heavy atom. The molecule has 0 aliphatic rings. The summed E-state index contributed by atoms with van der Waals surface area (Å²) < 4.78 is 51.2. The molecular weight excluding hydrogens is 415 g/mol. The summed E-state index contributed by atoms with van der Waals surface area (Å²) >= 11 is 0. The first-order valence-corrected chi connectivity index (χ1v) is 9.95. The Hall–Kier alpha value is -2.88. The van der Waals surface area contributed by atoms with Crippen molar-refractivity contribution in [2.45, 2.75) is 51.8 Å². The number of carbonyl (C=O) groups is 1. The Balaban J connectivity index is 2.49. The van der Waals surface area contributed by atoms with E-state index in [1.54, 1.807) is 6.92 Å². The number of hydrogen-bond donors (Lipinski definition) is 2. The van der Waals surface area contributed by atoms with Crippen LogP contribution in [0, 0.1) is 0 Å². The predicted octanol–water partition coefficient (Wildman–Crippen LogP) is 5.23. The van der Waals surface area contributed by atoms with Crippen molar-refractivity contribution in [2.24, 2.45) is 0 Å².